The van der Waals surface area contributed by atoms with Crippen LogP contribution in [0.2, 0.25) is 0 Å². The Kier molecular flexibility index (Phi) is 3.60. The number of rotatable bonds is 3. The molecule has 0 aromatic heterocycles. The molecule has 1 heterocycles. The van der Waals surface area contributed by atoms with E-state index in [1.54, 1.807) is 0 Å². The van der Waals surface area contributed by atoms with Crippen molar-refractivity contribution in [3.05, 3.63) is 48.0 Å². The van der Waals surface area contributed by atoms with Crippen molar-refractivity contribution in [1.29, 1.82) is 0 Å². The number of benzene rings is 2. The fourth-order valence-electron chi connectivity index (χ4n) is 2.83. The Labute approximate surface area is 113 Å². The molecule has 0 bridgehead atoms. The first-order valence-corrected chi connectivity index (χ1v) is 7.05. The summed E-state index contributed by atoms with van der Waals surface area (Å²) in [6, 6.07) is 14.2. The third kappa shape index (κ3) is 2.85. The lowest BCUT2D eigenvalue weighted by molar-refractivity contribution is 0.0952. The summed E-state index contributed by atoms with van der Waals surface area (Å²) in [4.78, 5) is 12.3. The van der Waals surface area contributed by atoms with Crippen LogP contribution in [0.4, 0.5) is 0 Å². The van der Waals surface area contributed by atoms with Gasteiger partial charge in [0.2, 0.25) is 0 Å². The summed E-state index contributed by atoms with van der Waals surface area (Å²) in [5.74, 6) is 0.845. The van der Waals surface area contributed by atoms with E-state index in [-0.39, 0.29) is 5.78 Å². The Balaban J connectivity index is 1.77. The maximum absolute atomic E-state index is 12.3. The van der Waals surface area contributed by atoms with Gasteiger partial charge < -0.3 is 5.32 Å². The average Bonchev–Trinajstić information content (AvgIpc) is 2.48. The molecule has 2 heteroatoms. The zero-order chi connectivity index (χ0) is 13.1. The van der Waals surface area contributed by atoms with Crippen molar-refractivity contribution in [1.82, 2.24) is 5.32 Å². The minimum absolute atomic E-state index is 0.289. The van der Waals surface area contributed by atoms with Gasteiger partial charge in [-0.2, -0.15) is 0 Å². The maximum atomic E-state index is 12.3. The van der Waals surface area contributed by atoms with Gasteiger partial charge in [0.15, 0.2) is 5.78 Å². The van der Waals surface area contributed by atoms with Gasteiger partial charge in [0.25, 0.3) is 0 Å². The molecule has 0 amide bonds. The molecular formula is C17H19NO. The highest BCUT2D eigenvalue weighted by molar-refractivity contribution is 6.00. The molecular weight excluding hydrogens is 234 g/mol. The van der Waals surface area contributed by atoms with Crippen molar-refractivity contribution < 1.29 is 4.79 Å². The molecule has 0 spiro atoms. The van der Waals surface area contributed by atoms with Crippen molar-refractivity contribution in [3.8, 4) is 0 Å². The van der Waals surface area contributed by atoms with Crippen LogP contribution >= 0.6 is 0 Å². The number of fused-ring (bicyclic) bond motifs is 1. The fraction of sp³-hybridized carbons (Fsp3) is 0.353. The maximum Gasteiger partial charge on any atom is 0.163 e. The number of piperidine rings is 1. The number of carbonyl (C=O) groups is 1. The highest BCUT2D eigenvalue weighted by Gasteiger charge is 2.17. The zero-order valence-corrected chi connectivity index (χ0v) is 11.1. The highest BCUT2D eigenvalue weighted by atomic mass is 16.1. The molecule has 0 saturated carbocycles. The SMILES string of the molecule is O=C(CC1CCNCC1)c1ccc2ccccc2c1. The summed E-state index contributed by atoms with van der Waals surface area (Å²) in [6.45, 7) is 2.10. The summed E-state index contributed by atoms with van der Waals surface area (Å²) in [6.07, 6.45) is 2.94. The summed E-state index contributed by atoms with van der Waals surface area (Å²) in [7, 11) is 0. The normalized spacial score (nSPS) is 16.6. The molecule has 0 aliphatic carbocycles. The van der Waals surface area contributed by atoms with Gasteiger partial charge in [-0.3, -0.25) is 4.79 Å². The van der Waals surface area contributed by atoms with E-state index in [9.17, 15) is 4.79 Å². The van der Waals surface area contributed by atoms with Gasteiger partial charge in [-0.15, -0.1) is 0 Å². The van der Waals surface area contributed by atoms with Crippen LogP contribution in [0.5, 0.6) is 0 Å². The van der Waals surface area contributed by atoms with Crippen molar-refractivity contribution in [3.63, 3.8) is 0 Å². The molecule has 0 atom stereocenters. The highest BCUT2D eigenvalue weighted by Crippen LogP contribution is 2.21. The second-order valence-electron chi connectivity index (χ2n) is 5.38. The molecule has 1 fully saturated rings. The van der Waals surface area contributed by atoms with Crippen LogP contribution in [-0.4, -0.2) is 18.9 Å². The van der Waals surface area contributed by atoms with E-state index in [1.807, 2.05) is 30.3 Å². The van der Waals surface area contributed by atoms with Crippen molar-refractivity contribution in [2.75, 3.05) is 13.1 Å². The molecule has 0 radical (unpaired) electrons. The number of hydrogen-bond donors (Lipinski definition) is 1. The Morgan fingerprint density at radius 2 is 1.79 bits per heavy atom. The first-order valence-electron chi connectivity index (χ1n) is 7.05. The molecule has 2 aromatic carbocycles. The monoisotopic (exact) mass is 253 g/mol. The third-order valence-electron chi connectivity index (χ3n) is 4.00. The summed E-state index contributed by atoms with van der Waals surface area (Å²) < 4.78 is 0. The molecule has 98 valence electrons. The summed E-state index contributed by atoms with van der Waals surface area (Å²) >= 11 is 0. The number of carbonyl (C=O) groups excluding carboxylic acids is 1. The second-order valence-corrected chi connectivity index (χ2v) is 5.38. The van der Waals surface area contributed by atoms with Crippen molar-refractivity contribution in [2.45, 2.75) is 19.3 Å². The lowest BCUT2D eigenvalue weighted by Crippen LogP contribution is -2.28. The first kappa shape index (κ1) is 12.4. The third-order valence-corrected chi connectivity index (χ3v) is 4.00. The van der Waals surface area contributed by atoms with Gasteiger partial charge in [0, 0.05) is 12.0 Å². The van der Waals surface area contributed by atoms with E-state index in [2.05, 4.69) is 17.4 Å². The standard InChI is InChI=1S/C17H19NO/c19-17(11-13-7-9-18-10-8-13)16-6-5-14-3-1-2-4-15(14)12-16/h1-6,12-13,18H,7-11H2. The van der Waals surface area contributed by atoms with Gasteiger partial charge >= 0.3 is 0 Å². The van der Waals surface area contributed by atoms with Gasteiger partial charge in [-0.25, -0.2) is 0 Å². The van der Waals surface area contributed by atoms with Gasteiger partial charge in [0.1, 0.15) is 0 Å². The molecule has 1 aliphatic heterocycles. The van der Waals surface area contributed by atoms with E-state index in [4.69, 9.17) is 0 Å². The molecule has 0 unspecified atom stereocenters. The second kappa shape index (κ2) is 5.54. The zero-order valence-electron chi connectivity index (χ0n) is 11.1. The average molecular weight is 253 g/mol. The molecule has 2 aromatic rings. The van der Waals surface area contributed by atoms with Crippen molar-refractivity contribution in [2.24, 2.45) is 5.92 Å². The molecule has 1 aliphatic rings. The summed E-state index contributed by atoms with van der Waals surface area (Å²) in [5, 5.41) is 5.69. The van der Waals surface area contributed by atoms with E-state index in [0.717, 1.165) is 36.9 Å². The van der Waals surface area contributed by atoms with Crippen LogP contribution in [0.25, 0.3) is 10.8 Å². The quantitative estimate of drug-likeness (QED) is 0.849. The Bertz CT molecular complexity index is 585. The number of ketones is 1. The van der Waals surface area contributed by atoms with Crippen LogP contribution in [0.15, 0.2) is 42.5 Å². The first-order chi connectivity index (χ1) is 9.33. The lowest BCUT2D eigenvalue weighted by Gasteiger charge is -2.21. The van der Waals surface area contributed by atoms with E-state index in [1.165, 1.54) is 5.39 Å². The molecule has 1 N–H and O–H groups in total. The largest absolute Gasteiger partial charge is 0.317 e. The summed E-state index contributed by atoms with van der Waals surface area (Å²) in [5.41, 5.74) is 0.859. The number of Topliss-reactive ketones (excluding diaryl/α,β-unsaturated/α-hetero) is 1. The van der Waals surface area contributed by atoms with E-state index >= 15 is 0 Å². The van der Waals surface area contributed by atoms with Crippen LogP contribution in [0.1, 0.15) is 29.6 Å². The minimum Gasteiger partial charge on any atom is -0.317 e. The topological polar surface area (TPSA) is 29.1 Å². The van der Waals surface area contributed by atoms with Crippen LogP contribution in [0, 0.1) is 5.92 Å². The Morgan fingerprint density at radius 1 is 1.05 bits per heavy atom. The van der Waals surface area contributed by atoms with Crippen LogP contribution in [0.3, 0.4) is 0 Å². The molecule has 1 saturated heterocycles. The minimum atomic E-state index is 0.289. The number of hydrogen-bond acceptors (Lipinski definition) is 2. The molecule has 3 rings (SSSR count). The Hall–Kier alpha value is -1.67. The number of nitrogens with one attached hydrogen (secondary N) is 1. The predicted octanol–water partition coefficient (Wildman–Crippen LogP) is 3.41. The van der Waals surface area contributed by atoms with Crippen LogP contribution < -0.4 is 5.32 Å². The van der Waals surface area contributed by atoms with Gasteiger partial charge in [0.05, 0.1) is 0 Å². The molecule has 2 nitrogen and oxygen atoms in total. The fourth-order valence-corrected chi connectivity index (χ4v) is 2.83. The lowest BCUT2D eigenvalue weighted by atomic mass is 9.90. The van der Waals surface area contributed by atoms with Gasteiger partial charge in [-0.1, -0.05) is 36.4 Å². The molecule has 19 heavy (non-hydrogen) atoms. The van der Waals surface area contributed by atoms with Crippen molar-refractivity contribution >= 4 is 16.6 Å². The van der Waals surface area contributed by atoms with Gasteiger partial charge in [-0.05, 0) is 48.7 Å². The Morgan fingerprint density at radius 3 is 2.58 bits per heavy atom. The van der Waals surface area contributed by atoms with E-state index < -0.39 is 0 Å². The smallest absolute Gasteiger partial charge is 0.163 e. The van der Waals surface area contributed by atoms with E-state index in [0.29, 0.717) is 12.3 Å². The predicted molar refractivity (Wildman–Crippen MR) is 78.5 cm³/mol. The van der Waals surface area contributed by atoms with Crippen LogP contribution in [-0.2, 0) is 0 Å².